The van der Waals surface area contributed by atoms with Gasteiger partial charge in [-0.25, -0.2) is 4.98 Å². The molecule has 0 aliphatic rings. The number of rotatable bonds is 9. The summed E-state index contributed by atoms with van der Waals surface area (Å²) in [7, 11) is 2.19. The first kappa shape index (κ1) is 17.4. The van der Waals surface area contributed by atoms with E-state index in [0.29, 0.717) is 12.0 Å². The minimum Gasteiger partial charge on any atom is -0.348 e. The largest absolute Gasteiger partial charge is 0.348 e. The second-order valence-electron chi connectivity index (χ2n) is 5.48. The first-order chi connectivity index (χ1) is 9.58. The van der Waals surface area contributed by atoms with Crippen molar-refractivity contribution < 1.29 is 0 Å². The molecule has 1 aromatic heterocycles. The van der Waals surface area contributed by atoms with Crippen LogP contribution in [0.5, 0.6) is 0 Å². The van der Waals surface area contributed by atoms with E-state index in [9.17, 15) is 0 Å². The second-order valence-corrected chi connectivity index (χ2v) is 6.54. The first-order valence-corrected chi connectivity index (χ1v) is 8.83. The lowest BCUT2D eigenvalue weighted by Crippen LogP contribution is -2.30. The van der Waals surface area contributed by atoms with Crippen molar-refractivity contribution in [2.45, 2.75) is 72.4 Å². The number of hydrogen-bond acceptors (Lipinski definition) is 4. The molecule has 0 aliphatic carbocycles. The van der Waals surface area contributed by atoms with Crippen LogP contribution in [-0.4, -0.2) is 24.6 Å². The van der Waals surface area contributed by atoms with Gasteiger partial charge in [0.2, 0.25) is 0 Å². The summed E-state index contributed by atoms with van der Waals surface area (Å²) >= 11 is 1.86. The van der Waals surface area contributed by atoms with Crippen molar-refractivity contribution in [3.63, 3.8) is 0 Å². The van der Waals surface area contributed by atoms with Gasteiger partial charge in [0.05, 0.1) is 5.69 Å². The molecule has 20 heavy (non-hydrogen) atoms. The van der Waals surface area contributed by atoms with Gasteiger partial charge in [-0.1, -0.05) is 34.6 Å². The summed E-state index contributed by atoms with van der Waals surface area (Å²) in [6.07, 6.45) is 3.50. The van der Waals surface area contributed by atoms with Crippen LogP contribution < -0.4 is 10.2 Å². The molecule has 0 spiro atoms. The molecule has 0 bridgehead atoms. The van der Waals surface area contributed by atoms with Crippen LogP contribution in [0.4, 0.5) is 5.13 Å². The summed E-state index contributed by atoms with van der Waals surface area (Å²) in [5, 5.41) is 4.63. The van der Waals surface area contributed by atoms with Crippen molar-refractivity contribution in [3.05, 3.63) is 10.6 Å². The van der Waals surface area contributed by atoms with Crippen LogP contribution in [-0.2, 0) is 6.54 Å². The Morgan fingerprint density at radius 3 is 2.30 bits per heavy atom. The summed E-state index contributed by atoms with van der Waals surface area (Å²) < 4.78 is 0. The highest BCUT2D eigenvalue weighted by Gasteiger charge is 2.20. The quantitative estimate of drug-likeness (QED) is 0.732. The predicted octanol–water partition coefficient (Wildman–Crippen LogP) is 4.39. The molecule has 0 saturated carbocycles. The average molecular weight is 298 g/mol. The van der Waals surface area contributed by atoms with E-state index in [-0.39, 0.29) is 0 Å². The highest BCUT2D eigenvalue weighted by atomic mass is 32.1. The van der Waals surface area contributed by atoms with Gasteiger partial charge in [0, 0.05) is 24.5 Å². The van der Waals surface area contributed by atoms with Gasteiger partial charge in [0.25, 0.3) is 0 Å². The summed E-state index contributed by atoms with van der Waals surface area (Å²) in [5.41, 5.74) is 1.30. The third-order valence-electron chi connectivity index (χ3n) is 4.12. The molecule has 4 heteroatoms. The number of thiazole rings is 1. The molecule has 116 valence electrons. The zero-order valence-electron chi connectivity index (χ0n) is 14.0. The molecule has 1 rings (SSSR count). The van der Waals surface area contributed by atoms with E-state index in [0.717, 1.165) is 19.5 Å². The third kappa shape index (κ3) is 4.19. The fourth-order valence-corrected chi connectivity index (χ4v) is 3.62. The monoisotopic (exact) mass is 297 g/mol. The molecule has 1 unspecified atom stereocenters. The van der Waals surface area contributed by atoms with E-state index in [4.69, 9.17) is 4.98 Å². The lowest BCUT2D eigenvalue weighted by atomic mass is 10.0. The Bertz CT molecular complexity index is 385. The standard InChI is InChI=1S/C16H31N3S/c1-7-12(5)15-14(11-17-10-4)20-16(18-15)19(6)13(8-2)9-3/h12-13,17H,7-11H2,1-6H3. The minimum absolute atomic E-state index is 0.545. The van der Waals surface area contributed by atoms with Gasteiger partial charge in [-0.15, -0.1) is 11.3 Å². The van der Waals surface area contributed by atoms with Gasteiger partial charge in [-0.05, 0) is 31.7 Å². The molecular formula is C16H31N3S. The second kappa shape index (κ2) is 8.63. The summed E-state index contributed by atoms with van der Waals surface area (Å²) in [6.45, 7) is 13.2. The Morgan fingerprint density at radius 1 is 1.15 bits per heavy atom. The normalized spacial score (nSPS) is 12.9. The van der Waals surface area contributed by atoms with E-state index in [1.165, 1.54) is 28.5 Å². The maximum Gasteiger partial charge on any atom is 0.185 e. The molecule has 3 nitrogen and oxygen atoms in total. The number of hydrogen-bond donors (Lipinski definition) is 1. The average Bonchev–Trinajstić information content (AvgIpc) is 2.89. The SMILES string of the molecule is CCNCc1sc(N(C)C(CC)CC)nc1C(C)CC. The molecule has 0 radical (unpaired) electrons. The highest BCUT2D eigenvalue weighted by molar-refractivity contribution is 7.15. The van der Waals surface area contributed by atoms with E-state index < -0.39 is 0 Å². The van der Waals surface area contributed by atoms with E-state index >= 15 is 0 Å². The van der Waals surface area contributed by atoms with Crippen LogP contribution >= 0.6 is 11.3 Å². The number of aromatic nitrogens is 1. The Morgan fingerprint density at radius 2 is 1.80 bits per heavy atom. The molecule has 0 saturated heterocycles. The lowest BCUT2D eigenvalue weighted by molar-refractivity contribution is 0.588. The predicted molar refractivity (Wildman–Crippen MR) is 91.0 cm³/mol. The maximum absolute atomic E-state index is 4.96. The first-order valence-electron chi connectivity index (χ1n) is 8.01. The van der Waals surface area contributed by atoms with Gasteiger partial charge in [0.15, 0.2) is 5.13 Å². The van der Waals surface area contributed by atoms with Crippen molar-refractivity contribution in [1.29, 1.82) is 0 Å². The van der Waals surface area contributed by atoms with Crippen molar-refractivity contribution in [2.75, 3.05) is 18.5 Å². The Hall–Kier alpha value is -0.610. The molecule has 1 aromatic rings. The molecule has 1 heterocycles. The Labute approximate surface area is 128 Å². The fourth-order valence-electron chi connectivity index (χ4n) is 2.44. The maximum atomic E-state index is 4.96. The van der Waals surface area contributed by atoms with Crippen molar-refractivity contribution in [3.8, 4) is 0 Å². The third-order valence-corrected chi connectivity index (χ3v) is 5.28. The van der Waals surface area contributed by atoms with Crippen LogP contribution in [0, 0.1) is 0 Å². The van der Waals surface area contributed by atoms with E-state index in [2.05, 4.69) is 51.9 Å². The molecule has 1 atom stereocenters. The minimum atomic E-state index is 0.545. The van der Waals surface area contributed by atoms with E-state index in [1.54, 1.807) is 0 Å². The van der Waals surface area contributed by atoms with Gasteiger partial charge in [-0.3, -0.25) is 0 Å². The summed E-state index contributed by atoms with van der Waals surface area (Å²) in [4.78, 5) is 8.73. The smallest absolute Gasteiger partial charge is 0.185 e. The van der Waals surface area contributed by atoms with Crippen LogP contribution in [0.3, 0.4) is 0 Å². The molecule has 0 aliphatic heterocycles. The van der Waals surface area contributed by atoms with Crippen molar-refractivity contribution >= 4 is 16.5 Å². The van der Waals surface area contributed by atoms with Crippen LogP contribution in [0.25, 0.3) is 0 Å². The highest BCUT2D eigenvalue weighted by Crippen LogP contribution is 2.33. The number of nitrogens with one attached hydrogen (secondary N) is 1. The van der Waals surface area contributed by atoms with Gasteiger partial charge < -0.3 is 10.2 Å². The van der Waals surface area contributed by atoms with Crippen LogP contribution in [0.15, 0.2) is 0 Å². The van der Waals surface area contributed by atoms with Crippen LogP contribution in [0.2, 0.25) is 0 Å². The van der Waals surface area contributed by atoms with Crippen LogP contribution in [0.1, 0.15) is 70.4 Å². The lowest BCUT2D eigenvalue weighted by Gasteiger charge is -2.25. The molecule has 0 aromatic carbocycles. The summed E-state index contributed by atoms with van der Waals surface area (Å²) in [6, 6.07) is 0.595. The fraction of sp³-hybridized carbons (Fsp3) is 0.812. The number of anilines is 1. The molecule has 0 amide bonds. The van der Waals surface area contributed by atoms with Gasteiger partial charge >= 0.3 is 0 Å². The Kier molecular flexibility index (Phi) is 7.52. The topological polar surface area (TPSA) is 28.2 Å². The molecule has 0 fully saturated rings. The summed E-state index contributed by atoms with van der Waals surface area (Å²) in [5.74, 6) is 0.545. The molecular weight excluding hydrogens is 266 g/mol. The Balaban J connectivity index is 3.00. The van der Waals surface area contributed by atoms with Gasteiger partial charge in [0.1, 0.15) is 0 Å². The van der Waals surface area contributed by atoms with Crippen molar-refractivity contribution in [2.24, 2.45) is 0 Å². The molecule has 1 N–H and O–H groups in total. The van der Waals surface area contributed by atoms with Crippen molar-refractivity contribution in [1.82, 2.24) is 10.3 Å². The van der Waals surface area contributed by atoms with E-state index in [1.807, 2.05) is 11.3 Å². The zero-order chi connectivity index (χ0) is 15.1. The number of nitrogens with zero attached hydrogens (tertiary/aromatic N) is 2. The van der Waals surface area contributed by atoms with Gasteiger partial charge in [-0.2, -0.15) is 0 Å². The zero-order valence-corrected chi connectivity index (χ0v) is 14.8.